The third-order valence-electron chi connectivity index (χ3n) is 6.17. The molecule has 0 saturated carbocycles. The zero-order valence-electron chi connectivity index (χ0n) is 21.4. The summed E-state index contributed by atoms with van der Waals surface area (Å²) in [4.78, 5) is 35.2. The lowest BCUT2D eigenvalue weighted by molar-refractivity contribution is 0.0187. The van der Waals surface area contributed by atoms with Crippen molar-refractivity contribution in [2.24, 2.45) is 0 Å². The van der Waals surface area contributed by atoms with Crippen LogP contribution >= 0.6 is 11.6 Å². The van der Waals surface area contributed by atoms with E-state index in [-0.39, 0.29) is 13.1 Å². The van der Waals surface area contributed by atoms with Gasteiger partial charge in [-0.25, -0.2) is 14.6 Å². The number of carbonyl (C=O) groups is 2. The number of benzene rings is 3. The number of halogens is 1. The van der Waals surface area contributed by atoms with E-state index in [0.29, 0.717) is 16.5 Å². The lowest BCUT2D eigenvalue weighted by Gasteiger charge is -2.24. The van der Waals surface area contributed by atoms with Crippen molar-refractivity contribution in [1.29, 1.82) is 0 Å². The molecule has 1 aliphatic heterocycles. The molecule has 1 aliphatic rings. The minimum absolute atomic E-state index is 0.187. The number of imidazole rings is 1. The Morgan fingerprint density at radius 1 is 1.00 bits per heavy atom. The molecule has 1 amide bonds. The molecule has 4 aromatic rings. The van der Waals surface area contributed by atoms with Gasteiger partial charge in [0.1, 0.15) is 11.7 Å². The Bertz CT molecular complexity index is 1450. The monoisotopic (exact) mass is 532 g/mol. The SMILES string of the molecule is CC(C)(C)OC(=O)N1C[C@H](Nc2nc3ccc(Cl)cc3[nH]2)[C@@H](OC(=O)c2ccc(-c3ccccc3)cc2)C1. The van der Waals surface area contributed by atoms with E-state index in [9.17, 15) is 9.59 Å². The van der Waals surface area contributed by atoms with Crippen LogP contribution in [0.4, 0.5) is 10.7 Å². The first kappa shape index (κ1) is 25.6. The fourth-order valence-electron chi connectivity index (χ4n) is 4.37. The number of ether oxygens (including phenoxy) is 2. The molecule has 38 heavy (non-hydrogen) atoms. The van der Waals surface area contributed by atoms with Crippen LogP contribution in [0.15, 0.2) is 72.8 Å². The predicted octanol–water partition coefficient (Wildman–Crippen LogP) is 6.14. The summed E-state index contributed by atoms with van der Waals surface area (Å²) in [5.41, 5.74) is 3.36. The highest BCUT2D eigenvalue weighted by Gasteiger charge is 2.40. The number of hydrogen-bond donors (Lipinski definition) is 2. The molecule has 8 nitrogen and oxygen atoms in total. The van der Waals surface area contributed by atoms with Crippen LogP contribution in [0.5, 0.6) is 0 Å². The van der Waals surface area contributed by atoms with Crippen molar-refractivity contribution in [1.82, 2.24) is 14.9 Å². The Balaban J connectivity index is 1.33. The number of hydrogen-bond acceptors (Lipinski definition) is 6. The molecule has 0 aliphatic carbocycles. The van der Waals surface area contributed by atoms with Gasteiger partial charge in [-0.1, -0.05) is 54.1 Å². The maximum absolute atomic E-state index is 13.1. The Labute approximate surface area is 225 Å². The topological polar surface area (TPSA) is 96.6 Å². The second-order valence-electron chi connectivity index (χ2n) is 10.3. The first-order valence-electron chi connectivity index (χ1n) is 12.4. The number of anilines is 1. The van der Waals surface area contributed by atoms with Crippen LogP contribution in [0.25, 0.3) is 22.2 Å². The van der Waals surface area contributed by atoms with E-state index < -0.39 is 29.8 Å². The van der Waals surface area contributed by atoms with Gasteiger partial charge in [0.25, 0.3) is 0 Å². The van der Waals surface area contributed by atoms with Crippen molar-refractivity contribution in [2.45, 2.75) is 38.5 Å². The molecule has 0 radical (unpaired) electrons. The van der Waals surface area contributed by atoms with Crippen molar-refractivity contribution in [2.75, 3.05) is 18.4 Å². The summed E-state index contributed by atoms with van der Waals surface area (Å²) in [6.45, 7) is 5.90. The summed E-state index contributed by atoms with van der Waals surface area (Å²) in [5.74, 6) is 0.0235. The zero-order valence-corrected chi connectivity index (χ0v) is 22.2. The summed E-state index contributed by atoms with van der Waals surface area (Å²) < 4.78 is 11.5. The van der Waals surface area contributed by atoms with Crippen molar-refractivity contribution in [3.63, 3.8) is 0 Å². The molecule has 1 aromatic heterocycles. The fourth-order valence-corrected chi connectivity index (χ4v) is 4.54. The minimum Gasteiger partial charge on any atom is -0.455 e. The number of carbonyl (C=O) groups excluding carboxylic acids is 2. The number of fused-ring (bicyclic) bond motifs is 1. The van der Waals surface area contributed by atoms with Crippen LogP contribution in [-0.4, -0.2) is 57.8 Å². The van der Waals surface area contributed by atoms with Gasteiger partial charge >= 0.3 is 12.1 Å². The maximum Gasteiger partial charge on any atom is 0.410 e. The average molecular weight is 533 g/mol. The van der Waals surface area contributed by atoms with Crippen molar-refractivity contribution >= 4 is 40.6 Å². The van der Waals surface area contributed by atoms with Crippen LogP contribution in [0, 0.1) is 0 Å². The summed E-state index contributed by atoms with van der Waals surface area (Å²) in [5, 5.41) is 3.89. The lowest BCUT2D eigenvalue weighted by atomic mass is 10.0. The largest absolute Gasteiger partial charge is 0.455 e. The molecule has 1 fully saturated rings. The Kier molecular flexibility index (Phi) is 6.99. The summed E-state index contributed by atoms with van der Waals surface area (Å²) in [6, 6.07) is 22.2. The molecule has 0 unspecified atom stereocenters. The molecule has 3 aromatic carbocycles. The lowest BCUT2D eigenvalue weighted by Crippen LogP contribution is -2.36. The molecular formula is C29H29ClN4O4. The number of H-pyrrole nitrogens is 1. The van der Waals surface area contributed by atoms with E-state index in [0.717, 1.165) is 22.2 Å². The van der Waals surface area contributed by atoms with Crippen LogP contribution in [0.3, 0.4) is 0 Å². The van der Waals surface area contributed by atoms with Crippen molar-refractivity contribution in [3.8, 4) is 11.1 Å². The second-order valence-corrected chi connectivity index (χ2v) is 10.7. The Morgan fingerprint density at radius 3 is 2.42 bits per heavy atom. The van der Waals surface area contributed by atoms with E-state index in [1.807, 2.05) is 69.3 Å². The van der Waals surface area contributed by atoms with Crippen LogP contribution in [-0.2, 0) is 9.47 Å². The van der Waals surface area contributed by atoms with E-state index in [4.69, 9.17) is 21.1 Å². The third kappa shape index (κ3) is 5.92. The third-order valence-corrected chi connectivity index (χ3v) is 6.41. The normalized spacial score (nSPS) is 17.4. The molecule has 196 valence electrons. The van der Waals surface area contributed by atoms with Gasteiger partial charge < -0.3 is 24.7 Å². The average Bonchev–Trinajstić information content (AvgIpc) is 3.47. The van der Waals surface area contributed by atoms with Gasteiger partial charge in [-0.05, 0) is 62.2 Å². The first-order valence-corrected chi connectivity index (χ1v) is 12.8. The Hall–Kier alpha value is -4.04. The zero-order chi connectivity index (χ0) is 26.9. The quantitative estimate of drug-likeness (QED) is 0.300. The fraction of sp³-hybridized carbons (Fsp3) is 0.276. The van der Waals surface area contributed by atoms with Gasteiger partial charge in [0.15, 0.2) is 0 Å². The van der Waals surface area contributed by atoms with Crippen LogP contribution in [0.1, 0.15) is 31.1 Å². The number of nitrogens with zero attached hydrogens (tertiary/aromatic N) is 2. The van der Waals surface area contributed by atoms with Gasteiger partial charge in [0.05, 0.1) is 29.2 Å². The summed E-state index contributed by atoms with van der Waals surface area (Å²) >= 11 is 6.10. The minimum atomic E-state index is -0.646. The molecule has 2 N–H and O–H groups in total. The van der Waals surface area contributed by atoms with E-state index in [2.05, 4.69) is 15.3 Å². The van der Waals surface area contributed by atoms with Crippen molar-refractivity contribution in [3.05, 3.63) is 83.4 Å². The summed E-state index contributed by atoms with van der Waals surface area (Å²) in [7, 11) is 0. The first-order chi connectivity index (χ1) is 18.1. The molecule has 0 bridgehead atoms. The maximum atomic E-state index is 13.1. The number of nitrogens with one attached hydrogen (secondary N) is 2. The molecule has 5 rings (SSSR count). The van der Waals surface area contributed by atoms with Gasteiger partial charge in [0, 0.05) is 11.6 Å². The van der Waals surface area contributed by atoms with Crippen molar-refractivity contribution < 1.29 is 19.1 Å². The highest BCUT2D eigenvalue weighted by molar-refractivity contribution is 6.31. The Morgan fingerprint density at radius 2 is 1.71 bits per heavy atom. The van der Waals surface area contributed by atoms with E-state index in [1.54, 1.807) is 29.2 Å². The van der Waals surface area contributed by atoms with Gasteiger partial charge in [-0.3, -0.25) is 0 Å². The number of amides is 1. The summed E-state index contributed by atoms with van der Waals surface area (Å²) in [6.07, 6.45) is -1.09. The number of rotatable bonds is 5. The smallest absolute Gasteiger partial charge is 0.410 e. The molecule has 0 spiro atoms. The highest BCUT2D eigenvalue weighted by atomic mass is 35.5. The van der Waals surface area contributed by atoms with E-state index in [1.165, 1.54) is 0 Å². The molecule has 1 saturated heterocycles. The van der Waals surface area contributed by atoms with Gasteiger partial charge in [0.2, 0.25) is 5.95 Å². The number of aromatic amines is 1. The second kappa shape index (κ2) is 10.4. The van der Waals surface area contributed by atoms with Gasteiger partial charge in [-0.15, -0.1) is 0 Å². The number of esters is 1. The predicted molar refractivity (Wildman–Crippen MR) is 147 cm³/mol. The standard InChI is InChI=1S/C29H29ClN4O4/c1-29(2,3)38-28(36)34-16-24(33-27-31-22-14-13-21(30)15-23(22)32-27)25(17-34)37-26(35)20-11-9-19(10-12-20)18-7-5-4-6-8-18/h4-15,24-25H,16-17H2,1-3H3,(H2,31,32,33)/t24-,25-/m0/s1. The molecule has 2 heterocycles. The van der Waals surface area contributed by atoms with Crippen LogP contribution < -0.4 is 5.32 Å². The van der Waals surface area contributed by atoms with E-state index >= 15 is 0 Å². The highest BCUT2D eigenvalue weighted by Crippen LogP contribution is 2.25. The number of likely N-dealkylation sites (tertiary alicyclic amines) is 1. The van der Waals surface area contributed by atoms with Gasteiger partial charge in [-0.2, -0.15) is 0 Å². The molecule has 2 atom stereocenters. The molecule has 9 heteroatoms. The number of aromatic nitrogens is 2. The van der Waals surface area contributed by atoms with Crippen LogP contribution in [0.2, 0.25) is 5.02 Å². The molecular weight excluding hydrogens is 504 g/mol.